The number of fused-ring (bicyclic) bond motifs is 2. The first-order chi connectivity index (χ1) is 23.2. The van der Waals surface area contributed by atoms with E-state index in [1.54, 1.807) is 0 Å². The van der Waals surface area contributed by atoms with Crippen LogP contribution in [-0.4, -0.2) is 46.9 Å². The lowest BCUT2D eigenvalue weighted by Crippen LogP contribution is -2.39. The Labute approximate surface area is 291 Å². The van der Waals surface area contributed by atoms with Crippen LogP contribution in [0.5, 0.6) is 0 Å². The highest BCUT2D eigenvalue weighted by Gasteiger charge is 2.28. The van der Waals surface area contributed by atoms with E-state index < -0.39 is 5.97 Å². The van der Waals surface area contributed by atoms with Crippen molar-refractivity contribution in [3.63, 3.8) is 0 Å². The summed E-state index contributed by atoms with van der Waals surface area (Å²) in [4.78, 5) is 33.2. The number of nitriles is 2. The fourth-order valence-corrected chi connectivity index (χ4v) is 6.22. The van der Waals surface area contributed by atoms with E-state index >= 15 is 0 Å². The van der Waals surface area contributed by atoms with Crippen LogP contribution in [0.1, 0.15) is 70.4 Å². The monoisotopic (exact) mass is 682 g/mol. The topological polar surface area (TPSA) is 132 Å². The third-order valence-electron chi connectivity index (χ3n) is 8.41. The predicted octanol–water partition coefficient (Wildman–Crippen LogP) is 6.51. The summed E-state index contributed by atoms with van der Waals surface area (Å²) in [5, 5.41) is 22.0. The lowest BCUT2D eigenvalue weighted by Gasteiger charge is -2.35. The molecule has 0 radical (unpaired) electrons. The summed E-state index contributed by atoms with van der Waals surface area (Å²) < 4.78 is 4.48. The molecule has 1 amide bonds. The number of carbonyl (C=O) groups is 2. The van der Waals surface area contributed by atoms with E-state index in [0.29, 0.717) is 44.9 Å². The summed E-state index contributed by atoms with van der Waals surface area (Å²) in [7, 11) is 1.28. The van der Waals surface area contributed by atoms with Crippen LogP contribution < -0.4 is 5.32 Å². The number of methoxy groups -OCH3 is 1. The van der Waals surface area contributed by atoms with Gasteiger partial charge in [0, 0.05) is 48.5 Å². The molecule has 0 saturated heterocycles. The van der Waals surface area contributed by atoms with E-state index in [0.717, 1.165) is 13.0 Å². The number of hydrogen-bond acceptors (Lipinski definition) is 8. The minimum atomic E-state index is -0.436. The fourth-order valence-electron chi connectivity index (χ4n) is 5.77. The fraction of sp³-hybridized carbons (Fsp3) is 0.297. The van der Waals surface area contributed by atoms with E-state index in [9.17, 15) is 14.9 Å². The lowest BCUT2D eigenvalue weighted by atomic mass is 9.93. The summed E-state index contributed by atoms with van der Waals surface area (Å²) >= 11 is 11.9. The Hall–Kier alpha value is -4.80. The van der Waals surface area contributed by atoms with E-state index in [2.05, 4.69) is 69.4 Å². The summed E-state index contributed by atoms with van der Waals surface area (Å²) in [6.45, 7) is 6.06. The second-order valence-electron chi connectivity index (χ2n) is 11.3. The molecule has 48 heavy (non-hydrogen) atoms. The number of amides is 1. The van der Waals surface area contributed by atoms with Crippen LogP contribution >= 0.6 is 23.2 Å². The first kappa shape index (κ1) is 36.0. The van der Waals surface area contributed by atoms with Crippen molar-refractivity contribution in [2.75, 3.05) is 20.2 Å². The largest absolute Gasteiger partial charge is 0.469 e. The van der Waals surface area contributed by atoms with Gasteiger partial charge in [0.05, 0.1) is 47.2 Å². The molecule has 0 unspecified atom stereocenters. The van der Waals surface area contributed by atoms with E-state index in [1.165, 1.54) is 60.6 Å². The van der Waals surface area contributed by atoms with Crippen LogP contribution in [0.4, 0.5) is 0 Å². The maximum atomic E-state index is 12.7. The number of nitrogens with one attached hydrogen (secondary N) is 1. The summed E-state index contributed by atoms with van der Waals surface area (Å²) in [5.41, 5.74) is 7.13. The molecule has 2 aromatic heterocycles. The Bertz CT molecular complexity index is 1850. The lowest BCUT2D eigenvalue weighted by molar-refractivity contribution is -0.139. The second kappa shape index (κ2) is 17.4. The maximum Gasteiger partial charge on any atom is 0.310 e. The summed E-state index contributed by atoms with van der Waals surface area (Å²) in [6.07, 6.45) is 7.81. The molecule has 4 heterocycles. The average molecular weight is 684 g/mol. The SMILES string of the molecule is COC(=O)Cc1c(Cl)cncc1C#N.C[C@@H]1NCCc2ccccc21.C[C@H]1c2ccccc2CCN1C(=O)Cc1c(Cl)cncc1C#N. The first-order valence-electron chi connectivity index (χ1n) is 15.5. The molecule has 1 N–H and O–H groups in total. The molecule has 0 aliphatic carbocycles. The molecule has 11 heteroatoms. The van der Waals surface area contributed by atoms with Gasteiger partial charge in [-0.25, -0.2) is 0 Å². The molecule has 2 aliphatic heterocycles. The van der Waals surface area contributed by atoms with Crippen molar-refractivity contribution in [2.45, 2.75) is 51.6 Å². The van der Waals surface area contributed by atoms with Gasteiger partial charge in [0.15, 0.2) is 0 Å². The van der Waals surface area contributed by atoms with Gasteiger partial charge >= 0.3 is 5.97 Å². The maximum absolute atomic E-state index is 12.7. The van der Waals surface area contributed by atoms with Gasteiger partial charge in [-0.3, -0.25) is 19.6 Å². The Morgan fingerprint density at radius 2 is 1.40 bits per heavy atom. The van der Waals surface area contributed by atoms with Gasteiger partial charge in [-0.1, -0.05) is 71.7 Å². The van der Waals surface area contributed by atoms with Crippen molar-refractivity contribution < 1.29 is 14.3 Å². The Morgan fingerprint density at radius 3 is 1.96 bits per heavy atom. The Kier molecular flexibility index (Phi) is 13.1. The average Bonchev–Trinajstić information content (AvgIpc) is 3.11. The second-order valence-corrected chi connectivity index (χ2v) is 12.1. The van der Waals surface area contributed by atoms with Gasteiger partial charge in [-0.05, 0) is 55.5 Å². The number of rotatable bonds is 4. The van der Waals surface area contributed by atoms with Gasteiger partial charge in [-0.2, -0.15) is 10.5 Å². The minimum absolute atomic E-state index is 0.0131. The van der Waals surface area contributed by atoms with Crippen LogP contribution in [0.2, 0.25) is 10.0 Å². The van der Waals surface area contributed by atoms with Crippen LogP contribution in [0.3, 0.4) is 0 Å². The normalized spacial score (nSPS) is 15.9. The molecule has 246 valence electrons. The van der Waals surface area contributed by atoms with Crippen molar-refractivity contribution in [2.24, 2.45) is 0 Å². The van der Waals surface area contributed by atoms with Crippen molar-refractivity contribution in [1.29, 1.82) is 10.5 Å². The number of aromatic nitrogens is 2. The molecule has 0 spiro atoms. The number of ether oxygens (including phenoxy) is 1. The molecular weight excluding hydrogens is 647 g/mol. The van der Waals surface area contributed by atoms with E-state index in [4.69, 9.17) is 28.5 Å². The highest BCUT2D eigenvalue weighted by Crippen LogP contribution is 2.30. The molecule has 4 aromatic rings. The number of esters is 1. The molecule has 2 atom stereocenters. The van der Waals surface area contributed by atoms with Gasteiger partial charge in [-0.15, -0.1) is 0 Å². The Morgan fingerprint density at radius 1 is 0.854 bits per heavy atom. The summed E-state index contributed by atoms with van der Waals surface area (Å²) in [6, 6.07) is 21.4. The zero-order valence-corrected chi connectivity index (χ0v) is 28.6. The standard InChI is InChI=1S/C18H16ClN3O.C10H13N.C9H7ClN2O2/c1-12-15-5-3-2-4-13(15)6-7-22(12)18(23)8-16-14(9-20)10-21-11-17(16)19;1-8-10-5-3-2-4-9(10)6-7-11-8;1-14-9(13)2-7-6(3-11)4-12-5-8(7)10/h2-5,10-12H,6-8H2,1H3;2-5,8,11H,6-7H2,1H3;4-5H,2H2,1H3/t12-;8-;/m00./s1. The van der Waals surface area contributed by atoms with E-state index in [1.807, 2.05) is 30.0 Å². The van der Waals surface area contributed by atoms with Gasteiger partial charge in [0.2, 0.25) is 5.91 Å². The van der Waals surface area contributed by atoms with Crippen molar-refractivity contribution in [1.82, 2.24) is 20.2 Å². The Balaban J connectivity index is 0.000000177. The zero-order valence-electron chi connectivity index (χ0n) is 27.0. The van der Waals surface area contributed by atoms with Crippen LogP contribution in [0, 0.1) is 22.7 Å². The molecule has 0 saturated carbocycles. The molecule has 0 fully saturated rings. The van der Waals surface area contributed by atoms with Crippen molar-refractivity contribution in [3.05, 3.63) is 128 Å². The highest BCUT2D eigenvalue weighted by atomic mass is 35.5. The zero-order chi connectivity index (χ0) is 34.6. The molecular formula is C37H36Cl2N6O3. The smallest absolute Gasteiger partial charge is 0.310 e. The highest BCUT2D eigenvalue weighted by molar-refractivity contribution is 6.31. The van der Waals surface area contributed by atoms with Crippen molar-refractivity contribution in [3.8, 4) is 12.1 Å². The molecule has 2 aromatic carbocycles. The van der Waals surface area contributed by atoms with Gasteiger partial charge in [0.25, 0.3) is 0 Å². The van der Waals surface area contributed by atoms with Crippen LogP contribution in [0.25, 0.3) is 0 Å². The van der Waals surface area contributed by atoms with Crippen molar-refractivity contribution >= 4 is 35.1 Å². The van der Waals surface area contributed by atoms with E-state index in [-0.39, 0.29) is 24.8 Å². The number of benzene rings is 2. The number of carbonyl (C=O) groups excluding carboxylic acids is 2. The number of pyridine rings is 2. The number of hydrogen-bond donors (Lipinski definition) is 1. The quantitative estimate of drug-likeness (QED) is 0.241. The minimum Gasteiger partial charge on any atom is -0.469 e. The molecule has 9 nitrogen and oxygen atoms in total. The third-order valence-corrected chi connectivity index (χ3v) is 9.06. The third kappa shape index (κ3) is 8.96. The molecule has 6 rings (SSSR count). The molecule has 0 bridgehead atoms. The number of nitrogens with zero attached hydrogens (tertiary/aromatic N) is 5. The number of halogens is 2. The van der Waals surface area contributed by atoms with Crippen LogP contribution in [-0.2, 0) is 40.0 Å². The first-order valence-corrected chi connectivity index (χ1v) is 16.2. The predicted molar refractivity (Wildman–Crippen MR) is 184 cm³/mol. The van der Waals surface area contributed by atoms with Crippen LogP contribution in [0.15, 0.2) is 73.3 Å². The van der Waals surface area contributed by atoms with Gasteiger partial charge in [0.1, 0.15) is 12.1 Å². The molecule has 2 aliphatic rings. The van der Waals surface area contributed by atoms with Gasteiger partial charge < -0.3 is 15.0 Å². The summed E-state index contributed by atoms with van der Waals surface area (Å²) in [5.74, 6) is -0.453.